The number of hydrogen-bond donors (Lipinski definition) is 0. The van der Waals surface area contributed by atoms with Crippen LogP contribution in [0.4, 0.5) is 0 Å². The minimum Gasteiger partial charge on any atom is -0.328 e. The van der Waals surface area contributed by atoms with Crippen molar-refractivity contribution in [3.63, 3.8) is 0 Å². The van der Waals surface area contributed by atoms with Gasteiger partial charge in [0.05, 0.1) is 6.04 Å². The molecule has 3 heteroatoms. The summed E-state index contributed by atoms with van der Waals surface area (Å²) in [5.41, 5.74) is 1.08. The van der Waals surface area contributed by atoms with Crippen LogP contribution >= 0.6 is 0 Å². The fourth-order valence-electron chi connectivity index (χ4n) is 2.96. The minimum absolute atomic E-state index is 0.0848. The second kappa shape index (κ2) is 11.0. The highest BCUT2D eigenvalue weighted by Gasteiger charge is 2.27. The number of ketones is 1. The molecule has 1 aromatic carbocycles. The van der Waals surface area contributed by atoms with Gasteiger partial charge in [-0.3, -0.25) is 9.59 Å². The summed E-state index contributed by atoms with van der Waals surface area (Å²) in [6.07, 6.45) is 5.57. The molecule has 134 valence electrons. The highest BCUT2D eigenvalue weighted by atomic mass is 16.2. The number of benzene rings is 1. The minimum atomic E-state index is -0.316. The Kier molecular flexibility index (Phi) is 9.36. The zero-order valence-electron chi connectivity index (χ0n) is 15.8. The van der Waals surface area contributed by atoms with E-state index in [0.717, 1.165) is 37.7 Å². The maximum Gasteiger partial charge on any atom is 0.223 e. The summed E-state index contributed by atoms with van der Waals surface area (Å²) >= 11 is 0. The van der Waals surface area contributed by atoms with Crippen LogP contribution in [0.3, 0.4) is 0 Å². The van der Waals surface area contributed by atoms with Crippen LogP contribution < -0.4 is 0 Å². The predicted octanol–water partition coefficient (Wildman–Crippen LogP) is 4.99. The summed E-state index contributed by atoms with van der Waals surface area (Å²) in [4.78, 5) is 26.8. The lowest BCUT2D eigenvalue weighted by atomic mass is 9.98. The molecule has 1 atom stereocenters. The van der Waals surface area contributed by atoms with E-state index in [1.165, 1.54) is 0 Å². The maximum atomic E-state index is 12.8. The van der Waals surface area contributed by atoms with Crippen molar-refractivity contribution in [3.05, 3.63) is 35.9 Å². The smallest absolute Gasteiger partial charge is 0.223 e. The molecule has 0 bridgehead atoms. The molecule has 3 nitrogen and oxygen atoms in total. The first-order valence-corrected chi connectivity index (χ1v) is 9.29. The Balaban J connectivity index is 2.87. The molecule has 1 unspecified atom stereocenters. The third-order valence-corrected chi connectivity index (χ3v) is 4.30. The number of amides is 1. The molecule has 0 radical (unpaired) electrons. The molecule has 0 fully saturated rings. The number of Topliss-reactive ketones (excluding diaryl/α,β-unsaturated/α-hetero) is 1. The van der Waals surface area contributed by atoms with Crippen LogP contribution in [0.25, 0.3) is 0 Å². The van der Waals surface area contributed by atoms with E-state index in [1.807, 2.05) is 35.2 Å². The van der Waals surface area contributed by atoms with Gasteiger partial charge in [0.15, 0.2) is 5.78 Å². The largest absolute Gasteiger partial charge is 0.328 e. The van der Waals surface area contributed by atoms with Crippen LogP contribution in [-0.2, 0) is 16.1 Å². The van der Waals surface area contributed by atoms with Gasteiger partial charge in [-0.1, -0.05) is 70.4 Å². The van der Waals surface area contributed by atoms with Gasteiger partial charge in [-0.05, 0) is 31.2 Å². The lowest BCUT2D eigenvalue weighted by Gasteiger charge is -2.31. The van der Waals surface area contributed by atoms with Crippen molar-refractivity contribution in [2.75, 3.05) is 0 Å². The Morgan fingerprint density at radius 3 is 2.25 bits per heavy atom. The van der Waals surface area contributed by atoms with Gasteiger partial charge in [0.1, 0.15) is 0 Å². The Hall–Kier alpha value is -1.64. The Morgan fingerprint density at radius 1 is 1.04 bits per heavy atom. The molecule has 24 heavy (non-hydrogen) atoms. The van der Waals surface area contributed by atoms with E-state index < -0.39 is 0 Å². The molecule has 0 N–H and O–H groups in total. The number of nitrogens with zero attached hydrogens (tertiary/aromatic N) is 1. The first kappa shape index (κ1) is 20.4. The average Bonchev–Trinajstić information content (AvgIpc) is 2.55. The SMILES string of the molecule is CCCCCCC(=O)N(Cc1ccccc1)C(CC(C)C)C(C)=O. The molecule has 1 aromatic rings. The molecule has 1 rings (SSSR count). The van der Waals surface area contributed by atoms with E-state index in [2.05, 4.69) is 20.8 Å². The molecule has 0 spiro atoms. The summed E-state index contributed by atoms with van der Waals surface area (Å²) in [5.74, 6) is 0.572. The van der Waals surface area contributed by atoms with Crippen LogP contribution in [0.1, 0.15) is 71.8 Å². The summed E-state index contributed by atoms with van der Waals surface area (Å²) < 4.78 is 0. The highest BCUT2D eigenvalue weighted by molar-refractivity contribution is 5.87. The van der Waals surface area contributed by atoms with Crippen molar-refractivity contribution in [1.82, 2.24) is 4.90 Å². The summed E-state index contributed by atoms with van der Waals surface area (Å²) in [6.45, 7) is 8.49. The van der Waals surface area contributed by atoms with Crippen molar-refractivity contribution in [3.8, 4) is 0 Å². The summed E-state index contributed by atoms with van der Waals surface area (Å²) in [7, 11) is 0. The quantitative estimate of drug-likeness (QED) is 0.536. The number of unbranched alkanes of at least 4 members (excludes halogenated alkanes) is 3. The summed E-state index contributed by atoms with van der Waals surface area (Å²) in [5, 5.41) is 0. The molecule has 0 aliphatic carbocycles. The second-order valence-corrected chi connectivity index (χ2v) is 7.07. The van der Waals surface area contributed by atoms with E-state index in [0.29, 0.717) is 18.9 Å². The van der Waals surface area contributed by atoms with E-state index in [-0.39, 0.29) is 17.7 Å². The zero-order chi connectivity index (χ0) is 17.9. The van der Waals surface area contributed by atoms with Gasteiger partial charge in [0.2, 0.25) is 5.91 Å². The second-order valence-electron chi connectivity index (χ2n) is 7.07. The van der Waals surface area contributed by atoms with Crippen molar-refractivity contribution in [1.29, 1.82) is 0 Å². The monoisotopic (exact) mass is 331 g/mol. The molecule has 0 aliphatic heterocycles. The molecular formula is C21H33NO2. The van der Waals surface area contributed by atoms with Gasteiger partial charge in [0, 0.05) is 13.0 Å². The molecular weight excluding hydrogens is 298 g/mol. The van der Waals surface area contributed by atoms with Crippen molar-refractivity contribution >= 4 is 11.7 Å². The Morgan fingerprint density at radius 2 is 1.71 bits per heavy atom. The van der Waals surface area contributed by atoms with Gasteiger partial charge in [-0.15, -0.1) is 0 Å². The number of rotatable bonds is 11. The van der Waals surface area contributed by atoms with Crippen LogP contribution in [0.15, 0.2) is 30.3 Å². The third kappa shape index (κ3) is 7.29. The number of carbonyl (C=O) groups excluding carboxylic acids is 2. The predicted molar refractivity (Wildman–Crippen MR) is 99.7 cm³/mol. The topological polar surface area (TPSA) is 37.4 Å². The van der Waals surface area contributed by atoms with Gasteiger partial charge < -0.3 is 4.90 Å². The first-order valence-electron chi connectivity index (χ1n) is 9.29. The van der Waals surface area contributed by atoms with Gasteiger partial charge >= 0.3 is 0 Å². The molecule has 0 saturated heterocycles. The third-order valence-electron chi connectivity index (χ3n) is 4.30. The van der Waals surface area contributed by atoms with Crippen molar-refractivity contribution in [2.45, 2.75) is 78.8 Å². The van der Waals surface area contributed by atoms with Gasteiger partial charge in [-0.2, -0.15) is 0 Å². The molecule has 0 aliphatic rings. The van der Waals surface area contributed by atoms with Crippen LogP contribution in [0.5, 0.6) is 0 Å². The lowest BCUT2D eigenvalue weighted by molar-refractivity contribution is -0.140. The number of carbonyl (C=O) groups is 2. The zero-order valence-corrected chi connectivity index (χ0v) is 15.8. The van der Waals surface area contributed by atoms with E-state index >= 15 is 0 Å². The van der Waals surface area contributed by atoms with Gasteiger partial charge in [0.25, 0.3) is 0 Å². The fraction of sp³-hybridized carbons (Fsp3) is 0.619. The molecule has 1 amide bonds. The van der Waals surface area contributed by atoms with E-state index in [4.69, 9.17) is 0 Å². The van der Waals surface area contributed by atoms with Crippen molar-refractivity contribution < 1.29 is 9.59 Å². The van der Waals surface area contributed by atoms with Gasteiger partial charge in [-0.25, -0.2) is 0 Å². The standard InChI is InChI=1S/C21H33NO2/c1-5-6-7-11-14-21(24)22(16-19-12-9-8-10-13-19)20(18(4)23)15-17(2)3/h8-10,12-13,17,20H,5-7,11,14-16H2,1-4H3. The van der Waals surface area contributed by atoms with Crippen LogP contribution in [0.2, 0.25) is 0 Å². The molecule has 0 heterocycles. The first-order chi connectivity index (χ1) is 11.5. The molecule has 0 saturated carbocycles. The van der Waals surface area contributed by atoms with Crippen LogP contribution in [-0.4, -0.2) is 22.6 Å². The molecule has 0 aromatic heterocycles. The highest BCUT2D eigenvalue weighted by Crippen LogP contribution is 2.18. The number of hydrogen-bond acceptors (Lipinski definition) is 2. The lowest BCUT2D eigenvalue weighted by Crippen LogP contribution is -2.44. The maximum absolute atomic E-state index is 12.8. The summed E-state index contributed by atoms with van der Waals surface area (Å²) in [6, 6.07) is 9.64. The average molecular weight is 332 g/mol. The Labute approximate surface area is 147 Å². The van der Waals surface area contributed by atoms with E-state index in [1.54, 1.807) is 6.92 Å². The van der Waals surface area contributed by atoms with Crippen LogP contribution in [0, 0.1) is 5.92 Å². The Bertz CT molecular complexity index is 496. The van der Waals surface area contributed by atoms with Crippen molar-refractivity contribution in [2.24, 2.45) is 5.92 Å². The fourth-order valence-corrected chi connectivity index (χ4v) is 2.96. The van der Waals surface area contributed by atoms with E-state index in [9.17, 15) is 9.59 Å². The normalized spacial score (nSPS) is 12.2.